The molecule has 0 amide bonds. The number of hydrogen-bond donors (Lipinski definition) is 1. The van der Waals surface area contributed by atoms with Gasteiger partial charge in [-0.2, -0.15) is 0 Å². The lowest BCUT2D eigenvalue weighted by Crippen LogP contribution is -1.96. The van der Waals surface area contributed by atoms with Gasteiger partial charge in [-0.15, -0.1) is 0 Å². The summed E-state index contributed by atoms with van der Waals surface area (Å²) in [5.74, 6) is -0.563. The first kappa shape index (κ1) is 14.4. The van der Waals surface area contributed by atoms with Crippen molar-refractivity contribution >= 4 is 11.4 Å². The number of benzene rings is 2. The van der Waals surface area contributed by atoms with Crippen LogP contribution >= 0.6 is 0 Å². The van der Waals surface area contributed by atoms with Gasteiger partial charge in [0, 0.05) is 11.6 Å². The molecule has 0 fully saturated rings. The van der Waals surface area contributed by atoms with E-state index in [-0.39, 0.29) is 5.56 Å². The van der Waals surface area contributed by atoms with Crippen LogP contribution in [0.1, 0.15) is 12.5 Å². The van der Waals surface area contributed by atoms with E-state index in [0.29, 0.717) is 12.0 Å². The Balaban J connectivity index is 2.78. The Bertz CT molecular complexity index is 727. The molecule has 108 valence electrons. The van der Waals surface area contributed by atoms with Gasteiger partial charge in [-0.1, -0.05) is 31.2 Å². The number of rotatable bonds is 4. The maximum atomic E-state index is 11.0. The number of nitro benzene ring substituents is 2. The Morgan fingerprint density at radius 2 is 1.71 bits per heavy atom. The van der Waals surface area contributed by atoms with Crippen LogP contribution in [0.15, 0.2) is 36.4 Å². The summed E-state index contributed by atoms with van der Waals surface area (Å²) in [6, 6.07) is 8.88. The first-order valence-electron chi connectivity index (χ1n) is 6.19. The molecule has 0 saturated heterocycles. The van der Waals surface area contributed by atoms with Gasteiger partial charge >= 0.3 is 5.69 Å². The van der Waals surface area contributed by atoms with Gasteiger partial charge in [0.25, 0.3) is 5.69 Å². The lowest BCUT2D eigenvalue weighted by Gasteiger charge is -2.09. The van der Waals surface area contributed by atoms with Gasteiger partial charge in [0.1, 0.15) is 0 Å². The molecule has 2 aromatic carbocycles. The van der Waals surface area contributed by atoms with Gasteiger partial charge < -0.3 is 5.11 Å². The zero-order valence-electron chi connectivity index (χ0n) is 11.1. The molecule has 0 aliphatic heterocycles. The van der Waals surface area contributed by atoms with Crippen LogP contribution in [0.3, 0.4) is 0 Å². The van der Waals surface area contributed by atoms with Gasteiger partial charge in [-0.25, -0.2) is 0 Å². The lowest BCUT2D eigenvalue weighted by atomic mass is 9.96. The number of nitrogens with zero attached hydrogens (tertiary/aromatic N) is 2. The predicted molar refractivity (Wildman–Crippen MR) is 76.2 cm³/mol. The highest BCUT2D eigenvalue weighted by Crippen LogP contribution is 2.41. The van der Waals surface area contributed by atoms with Crippen molar-refractivity contribution in [1.29, 1.82) is 0 Å². The Kier molecular flexibility index (Phi) is 3.84. The highest BCUT2D eigenvalue weighted by molar-refractivity contribution is 5.79. The highest BCUT2D eigenvalue weighted by Gasteiger charge is 2.25. The number of aromatic hydroxyl groups is 1. The standard InChI is InChI=1S/C14H12N2O5/c1-2-9-5-3-4-6-11(9)12-7-10(15(18)19)8-13(14(12)17)16(20)21/h3-8,17H,2H2,1H3. The maximum absolute atomic E-state index is 11.0. The zero-order valence-corrected chi connectivity index (χ0v) is 11.1. The van der Waals surface area contributed by atoms with E-state index >= 15 is 0 Å². The molecule has 0 bridgehead atoms. The molecule has 0 saturated carbocycles. The summed E-state index contributed by atoms with van der Waals surface area (Å²) in [7, 11) is 0. The molecule has 0 spiro atoms. The van der Waals surface area contributed by atoms with Gasteiger partial charge in [0.05, 0.1) is 15.9 Å². The third-order valence-corrected chi connectivity index (χ3v) is 3.17. The van der Waals surface area contributed by atoms with Crippen LogP contribution in [0.4, 0.5) is 11.4 Å². The van der Waals surface area contributed by atoms with Gasteiger partial charge in [-0.05, 0) is 17.5 Å². The molecule has 21 heavy (non-hydrogen) atoms. The van der Waals surface area contributed by atoms with E-state index in [2.05, 4.69) is 0 Å². The monoisotopic (exact) mass is 288 g/mol. The second-order valence-electron chi connectivity index (χ2n) is 4.39. The number of aryl methyl sites for hydroxylation is 1. The zero-order chi connectivity index (χ0) is 15.6. The maximum Gasteiger partial charge on any atom is 0.318 e. The molecule has 0 aliphatic carbocycles. The average molecular weight is 288 g/mol. The number of nitro groups is 2. The summed E-state index contributed by atoms with van der Waals surface area (Å²) < 4.78 is 0. The summed E-state index contributed by atoms with van der Waals surface area (Å²) in [6.45, 7) is 1.89. The fourth-order valence-corrected chi connectivity index (χ4v) is 2.15. The number of phenols is 1. The summed E-state index contributed by atoms with van der Waals surface area (Å²) >= 11 is 0. The quantitative estimate of drug-likeness (QED) is 0.685. The number of phenolic OH excluding ortho intramolecular Hbond substituents is 1. The first-order valence-corrected chi connectivity index (χ1v) is 6.19. The van der Waals surface area contributed by atoms with Crippen LogP contribution in [0.2, 0.25) is 0 Å². The molecular weight excluding hydrogens is 276 g/mol. The summed E-state index contributed by atoms with van der Waals surface area (Å²) in [6.07, 6.45) is 0.631. The fourth-order valence-electron chi connectivity index (χ4n) is 2.15. The Morgan fingerprint density at radius 3 is 2.29 bits per heavy atom. The largest absolute Gasteiger partial charge is 0.502 e. The first-order chi connectivity index (χ1) is 9.95. The van der Waals surface area contributed by atoms with Crippen LogP contribution < -0.4 is 0 Å². The topological polar surface area (TPSA) is 107 Å². The summed E-state index contributed by atoms with van der Waals surface area (Å²) in [5.41, 5.74) is 0.366. The molecule has 7 heteroatoms. The molecule has 0 aliphatic rings. The van der Waals surface area contributed by atoms with Crippen molar-refractivity contribution in [2.24, 2.45) is 0 Å². The van der Waals surface area contributed by atoms with Crippen molar-refractivity contribution in [3.05, 3.63) is 62.2 Å². The van der Waals surface area contributed by atoms with Crippen LogP contribution in [0, 0.1) is 20.2 Å². The molecule has 1 N–H and O–H groups in total. The fraction of sp³-hybridized carbons (Fsp3) is 0.143. The van der Waals surface area contributed by atoms with E-state index in [4.69, 9.17) is 0 Å². The Labute approximate surface area is 119 Å². The molecule has 0 aromatic heterocycles. The van der Waals surface area contributed by atoms with Crippen molar-refractivity contribution in [3.63, 3.8) is 0 Å². The van der Waals surface area contributed by atoms with E-state index in [1.807, 2.05) is 6.92 Å². The summed E-state index contributed by atoms with van der Waals surface area (Å²) in [5, 5.41) is 32.0. The molecular formula is C14H12N2O5. The molecule has 0 unspecified atom stereocenters. The van der Waals surface area contributed by atoms with Gasteiger partial charge in [0.2, 0.25) is 5.75 Å². The molecule has 0 atom stereocenters. The van der Waals surface area contributed by atoms with Crippen molar-refractivity contribution in [3.8, 4) is 16.9 Å². The van der Waals surface area contributed by atoms with Gasteiger partial charge in [0.15, 0.2) is 0 Å². The summed E-state index contributed by atoms with van der Waals surface area (Å²) in [4.78, 5) is 20.3. The van der Waals surface area contributed by atoms with E-state index < -0.39 is 27.0 Å². The van der Waals surface area contributed by atoms with E-state index in [9.17, 15) is 25.3 Å². The van der Waals surface area contributed by atoms with E-state index in [1.54, 1.807) is 24.3 Å². The van der Waals surface area contributed by atoms with Gasteiger partial charge in [-0.3, -0.25) is 20.2 Å². The SMILES string of the molecule is CCc1ccccc1-c1cc([N+](=O)[O-])cc([N+](=O)[O-])c1O. The average Bonchev–Trinajstić information content (AvgIpc) is 2.46. The molecule has 2 rings (SSSR count). The van der Waals surface area contributed by atoms with Crippen LogP contribution in [0.5, 0.6) is 5.75 Å². The van der Waals surface area contributed by atoms with Crippen molar-refractivity contribution < 1.29 is 15.0 Å². The normalized spacial score (nSPS) is 10.3. The Morgan fingerprint density at radius 1 is 1.05 bits per heavy atom. The van der Waals surface area contributed by atoms with E-state index in [0.717, 1.165) is 17.7 Å². The van der Waals surface area contributed by atoms with Crippen LogP contribution in [0.25, 0.3) is 11.1 Å². The second kappa shape index (κ2) is 5.58. The lowest BCUT2D eigenvalue weighted by molar-refractivity contribution is -0.394. The highest BCUT2D eigenvalue weighted by atomic mass is 16.6. The third kappa shape index (κ3) is 2.66. The minimum atomic E-state index is -0.833. The minimum Gasteiger partial charge on any atom is -0.502 e. The van der Waals surface area contributed by atoms with Crippen molar-refractivity contribution in [1.82, 2.24) is 0 Å². The van der Waals surface area contributed by atoms with Crippen LogP contribution in [-0.4, -0.2) is 15.0 Å². The minimum absolute atomic E-state index is 0.0911. The van der Waals surface area contributed by atoms with Crippen molar-refractivity contribution in [2.45, 2.75) is 13.3 Å². The molecule has 2 aromatic rings. The predicted octanol–water partition coefficient (Wildman–Crippen LogP) is 3.44. The molecule has 0 radical (unpaired) electrons. The smallest absolute Gasteiger partial charge is 0.318 e. The Hall–Kier alpha value is -2.96. The van der Waals surface area contributed by atoms with E-state index in [1.165, 1.54) is 0 Å². The van der Waals surface area contributed by atoms with Crippen molar-refractivity contribution in [2.75, 3.05) is 0 Å². The van der Waals surface area contributed by atoms with Crippen LogP contribution in [-0.2, 0) is 6.42 Å². The second-order valence-corrected chi connectivity index (χ2v) is 4.39. The molecule has 0 heterocycles. The third-order valence-electron chi connectivity index (χ3n) is 3.17. The number of hydrogen-bond acceptors (Lipinski definition) is 5. The number of non-ortho nitro benzene ring substituents is 1. The molecule has 7 nitrogen and oxygen atoms in total.